The number of thiophene rings is 1. The molecule has 1 unspecified atom stereocenters. The van der Waals surface area contributed by atoms with Gasteiger partial charge < -0.3 is 10.2 Å². The number of hydrogen-bond donors (Lipinski definition) is 2. The number of hydrogen-bond acceptors (Lipinski definition) is 4. The third-order valence-corrected chi connectivity index (χ3v) is 4.83. The van der Waals surface area contributed by atoms with E-state index >= 15 is 0 Å². The van der Waals surface area contributed by atoms with Crippen LogP contribution in [0.15, 0.2) is 22.2 Å². The summed E-state index contributed by atoms with van der Waals surface area (Å²) in [5, 5.41) is 10.4. The van der Waals surface area contributed by atoms with Crippen LogP contribution in [0.4, 0.5) is 0 Å². The minimum Gasteiger partial charge on any atom is -0.348 e. The standard InChI is InChI=1S/C14H17N3OS2/c1-17(7-13(18)15-11-2-3-11)6-12-9-20-14(16-12)10-4-5-19-8-10/h4-5,8-9,11H,2-3,6-7H2,1H3,(H,15,18)/p+1. The SMILES string of the molecule is C[NH+](CC(=O)NC1CC1)Cc1csc(-c2ccsc2)n1. The van der Waals surface area contributed by atoms with E-state index in [0.717, 1.165) is 30.1 Å². The molecule has 0 aromatic carbocycles. The lowest BCUT2D eigenvalue weighted by molar-refractivity contribution is -0.885. The number of carbonyl (C=O) groups excluding carboxylic acids is 1. The highest BCUT2D eigenvalue weighted by Gasteiger charge is 2.24. The van der Waals surface area contributed by atoms with Crippen LogP contribution in [-0.2, 0) is 11.3 Å². The maximum absolute atomic E-state index is 11.7. The van der Waals surface area contributed by atoms with Crippen molar-refractivity contribution in [3.63, 3.8) is 0 Å². The van der Waals surface area contributed by atoms with E-state index in [4.69, 9.17) is 0 Å². The molecule has 2 aromatic rings. The van der Waals surface area contributed by atoms with Crippen LogP contribution in [0, 0.1) is 0 Å². The predicted octanol–water partition coefficient (Wildman–Crippen LogP) is 1.16. The smallest absolute Gasteiger partial charge is 0.275 e. The quantitative estimate of drug-likeness (QED) is 0.841. The molecule has 0 radical (unpaired) electrons. The van der Waals surface area contributed by atoms with Crippen LogP contribution in [0.1, 0.15) is 18.5 Å². The van der Waals surface area contributed by atoms with Gasteiger partial charge in [0.1, 0.15) is 17.2 Å². The van der Waals surface area contributed by atoms with Gasteiger partial charge in [0, 0.05) is 22.4 Å². The molecule has 106 valence electrons. The van der Waals surface area contributed by atoms with Gasteiger partial charge in [-0.2, -0.15) is 11.3 Å². The lowest BCUT2D eigenvalue weighted by atomic mass is 10.3. The third-order valence-electron chi connectivity index (χ3n) is 3.21. The normalized spacial score (nSPS) is 16.1. The van der Waals surface area contributed by atoms with E-state index in [2.05, 4.69) is 32.5 Å². The van der Waals surface area contributed by atoms with Gasteiger partial charge in [-0.25, -0.2) is 4.98 Å². The summed E-state index contributed by atoms with van der Waals surface area (Å²) in [5.74, 6) is 0.151. The van der Waals surface area contributed by atoms with Gasteiger partial charge in [0.15, 0.2) is 6.54 Å². The fourth-order valence-electron chi connectivity index (χ4n) is 2.06. The van der Waals surface area contributed by atoms with Gasteiger partial charge in [-0.3, -0.25) is 4.79 Å². The van der Waals surface area contributed by atoms with Crippen molar-refractivity contribution in [1.29, 1.82) is 0 Å². The molecular weight excluding hydrogens is 290 g/mol. The van der Waals surface area contributed by atoms with Crippen molar-refractivity contribution in [2.45, 2.75) is 25.4 Å². The van der Waals surface area contributed by atoms with Gasteiger partial charge in [-0.05, 0) is 24.3 Å². The number of likely N-dealkylation sites (N-methyl/N-ethyl adjacent to an activating group) is 1. The Morgan fingerprint density at radius 1 is 1.50 bits per heavy atom. The van der Waals surface area contributed by atoms with Crippen LogP contribution in [0.5, 0.6) is 0 Å². The molecule has 0 spiro atoms. The molecule has 0 saturated heterocycles. The first-order chi connectivity index (χ1) is 9.70. The third kappa shape index (κ3) is 3.65. The molecular formula is C14H18N3OS2+. The number of rotatable bonds is 6. The first-order valence-corrected chi connectivity index (χ1v) is 8.60. The van der Waals surface area contributed by atoms with Gasteiger partial charge in [-0.1, -0.05) is 0 Å². The van der Waals surface area contributed by atoms with E-state index < -0.39 is 0 Å². The second-order valence-electron chi connectivity index (χ2n) is 5.31. The Hall–Kier alpha value is -1.24. The molecule has 0 bridgehead atoms. The summed E-state index contributed by atoms with van der Waals surface area (Å²) in [6, 6.07) is 2.53. The maximum Gasteiger partial charge on any atom is 0.275 e. The Balaban J connectivity index is 1.53. The van der Waals surface area contributed by atoms with Gasteiger partial charge in [0.25, 0.3) is 5.91 Å². The molecule has 20 heavy (non-hydrogen) atoms. The molecule has 1 amide bonds. The van der Waals surface area contributed by atoms with Gasteiger partial charge >= 0.3 is 0 Å². The van der Waals surface area contributed by atoms with Crippen LogP contribution < -0.4 is 10.2 Å². The Morgan fingerprint density at radius 3 is 3.05 bits per heavy atom. The molecule has 4 nitrogen and oxygen atoms in total. The van der Waals surface area contributed by atoms with Crippen LogP contribution in [0.3, 0.4) is 0 Å². The van der Waals surface area contributed by atoms with E-state index in [9.17, 15) is 4.79 Å². The van der Waals surface area contributed by atoms with Gasteiger partial charge in [0.2, 0.25) is 0 Å². The summed E-state index contributed by atoms with van der Waals surface area (Å²) in [5.41, 5.74) is 2.25. The molecule has 3 rings (SSSR count). The number of carbonyl (C=O) groups is 1. The summed E-state index contributed by atoms with van der Waals surface area (Å²) in [6.45, 7) is 1.31. The zero-order chi connectivity index (χ0) is 13.9. The van der Waals surface area contributed by atoms with E-state index in [1.165, 1.54) is 10.5 Å². The first-order valence-electron chi connectivity index (χ1n) is 6.78. The van der Waals surface area contributed by atoms with Gasteiger partial charge in [0.05, 0.1) is 7.05 Å². The molecule has 1 fully saturated rings. The highest BCUT2D eigenvalue weighted by Crippen LogP contribution is 2.25. The average Bonchev–Trinajstić information content (AvgIpc) is 2.92. The van der Waals surface area contributed by atoms with E-state index in [1.807, 2.05) is 7.05 Å². The van der Waals surface area contributed by atoms with Crippen LogP contribution in [-0.4, -0.2) is 30.5 Å². The number of amides is 1. The Kier molecular flexibility index (Phi) is 4.14. The molecule has 1 saturated carbocycles. The Labute approximate surface area is 126 Å². The number of aromatic nitrogens is 1. The number of nitrogens with one attached hydrogen (secondary N) is 2. The maximum atomic E-state index is 11.7. The molecule has 2 N–H and O–H groups in total. The fourth-order valence-corrected chi connectivity index (χ4v) is 3.59. The summed E-state index contributed by atoms with van der Waals surface area (Å²) >= 11 is 3.36. The van der Waals surface area contributed by atoms with E-state index in [-0.39, 0.29) is 5.91 Å². The van der Waals surface area contributed by atoms with Crippen molar-refractivity contribution in [3.8, 4) is 10.6 Å². The summed E-state index contributed by atoms with van der Waals surface area (Å²) in [7, 11) is 2.04. The number of quaternary nitrogens is 1. The van der Waals surface area contributed by atoms with Crippen molar-refractivity contribution in [1.82, 2.24) is 10.3 Å². The average molecular weight is 308 g/mol. The molecule has 2 aromatic heterocycles. The van der Waals surface area contributed by atoms with E-state index in [1.54, 1.807) is 22.7 Å². The fraction of sp³-hybridized carbons (Fsp3) is 0.429. The Bertz CT molecular complexity index is 575. The monoisotopic (exact) mass is 308 g/mol. The molecule has 2 heterocycles. The molecule has 6 heteroatoms. The summed E-state index contributed by atoms with van der Waals surface area (Å²) in [4.78, 5) is 17.6. The molecule has 0 aliphatic heterocycles. The molecule has 1 aliphatic carbocycles. The number of nitrogens with zero attached hydrogens (tertiary/aromatic N) is 1. The Morgan fingerprint density at radius 2 is 2.35 bits per heavy atom. The highest BCUT2D eigenvalue weighted by molar-refractivity contribution is 7.14. The second kappa shape index (κ2) is 6.03. The lowest BCUT2D eigenvalue weighted by Crippen LogP contribution is -3.09. The van der Waals surface area contributed by atoms with E-state index in [0.29, 0.717) is 12.6 Å². The predicted molar refractivity (Wildman–Crippen MR) is 82.0 cm³/mol. The zero-order valence-corrected chi connectivity index (χ0v) is 13.0. The number of thiazole rings is 1. The highest BCUT2D eigenvalue weighted by atomic mass is 32.1. The summed E-state index contributed by atoms with van der Waals surface area (Å²) < 4.78 is 0. The van der Waals surface area contributed by atoms with Gasteiger partial charge in [-0.15, -0.1) is 11.3 Å². The van der Waals surface area contributed by atoms with Crippen molar-refractivity contribution in [3.05, 3.63) is 27.9 Å². The second-order valence-corrected chi connectivity index (χ2v) is 6.95. The first kappa shape index (κ1) is 13.7. The minimum atomic E-state index is 0.151. The lowest BCUT2D eigenvalue weighted by Gasteiger charge is -2.12. The minimum absolute atomic E-state index is 0.151. The van der Waals surface area contributed by atoms with Crippen molar-refractivity contribution < 1.29 is 9.69 Å². The van der Waals surface area contributed by atoms with Crippen LogP contribution in [0.25, 0.3) is 10.6 Å². The molecule has 1 aliphatic rings. The van der Waals surface area contributed by atoms with Crippen molar-refractivity contribution in [2.75, 3.05) is 13.6 Å². The van der Waals surface area contributed by atoms with Crippen molar-refractivity contribution >= 4 is 28.6 Å². The van der Waals surface area contributed by atoms with Crippen LogP contribution in [0.2, 0.25) is 0 Å². The topological polar surface area (TPSA) is 46.4 Å². The largest absolute Gasteiger partial charge is 0.348 e. The molecule has 1 atom stereocenters. The zero-order valence-electron chi connectivity index (χ0n) is 11.4. The summed E-state index contributed by atoms with van der Waals surface area (Å²) in [6.07, 6.45) is 2.28. The van der Waals surface area contributed by atoms with Crippen LogP contribution >= 0.6 is 22.7 Å². The van der Waals surface area contributed by atoms with Crippen molar-refractivity contribution in [2.24, 2.45) is 0 Å².